The van der Waals surface area contributed by atoms with Gasteiger partial charge in [0.1, 0.15) is 23.6 Å². The van der Waals surface area contributed by atoms with E-state index in [1.807, 2.05) is 6.07 Å². The van der Waals surface area contributed by atoms with Gasteiger partial charge in [0, 0.05) is 51.1 Å². The highest BCUT2D eigenvalue weighted by Gasteiger charge is 2.33. The van der Waals surface area contributed by atoms with Crippen molar-refractivity contribution in [3.8, 4) is 34.7 Å². The lowest BCUT2D eigenvalue weighted by Crippen LogP contribution is -2.57. The third-order valence-corrected chi connectivity index (χ3v) is 7.98. The fourth-order valence-electron chi connectivity index (χ4n) is 5.41. The molecule has 5 rings (SSSR count). The molecule has 1 saturated heterocycles. The highest BCUT2D eigenvalue weighted by molar-refractivity contribution is 5.78. The standard InChI is InChI=1S/C34H41N7O7/c1-22(2)27-18-30(38-33(37-27)40-12-11-35-21-40)41-14-13-39(34(43)48-26-9-7-25(44-3)8-10-26)20-24(41)17-31(42)36-19-23-15-28(45-4)32(47-6)29(16-23)46-5/h7-12,15-16,18,21-22,24H,13-14,17,19-20H2,1-6H3,(H,36,42). The van der Waals surface area contributed by atoms with Crippen LogP contribution >= 0.6 is 0 Å². The van der Waals surface area contributed by atoms with E-state index < -0.39 is 12.1 Å². The fraction of sp³-hybridized carbons (Fsp3) is 0.382. The number of carbonyl (C=O) groups excluding carboxylic acids is 2. The minimum atomic E-state index is -0.507. The van der Waals surface area contributed by atoms with Gasteiger partial charge in [0.15, 0.2) is 11.5 Å². The van der Waals surface area contributed by atoms with Gasteiger partial charge in [-0.25, -0.2) is 14.8 Å². The molecule has 2 amide bonds. The maximum Gasteiger partial charge on any atom is 0.415 e. The number of hydrogen-bond donors (Lipinski definition) is 1. The third-order valence-electron chi connectivity index (χ3n) is 7.98. The molecule has 3 heterocycles. The van der Waals surface area contributed by atoms with E-state index in [4.69, 9.17) is 33.7 Å². The van der Waals surface area contributed by atoms with Gasteiger partial charge in [-0.05, 0) is 47.9 Å². The van der Waals surface area contributed by atoms with Crippen LogP contribution in [0.1, 0.15) is 37.4 Å². The fourth-order valence-corrected chi connectivity index (χ4v) is 5.41. The van der Waals surface area contributed by atoms with Crippen LogP contribution in [0, 0.1) is 0 Å². The summed E-state index contributed by atoms with van der Waals surface area (Å²) in [4.78, 5) is 44.3. The number of imidazole rings is 1. The zero-order chi connectivity index (χ0) is 34.2. The summed E-state index contributed by atoms with van der Waals surface area (Å²) in [5.41, 5.74) is 1.61. The first-order chi connectivity index (χ1) is 23.2. The van der Waals surface area contributed by atoms with Crippen molar-refractivity contribution in [2.75, 3.05) is 53.0 Å². The molecule has 1 unspecified atom stereocenters. The Morgan fingerprint density at radius 3 is 2.23 bits per heavy atom. The number of methoxy groups -OCH3 is 4. The second-order valence-corrected chi connectivity index (χ2v) is 11.4. The van der Waals surface area contributed by atoms with E-state index in [0.29, 0.717) is 53.6 Å². The Morgan fingerprint density at radius 2 is 1.62 bits per heavy atom. The Labute approximate surface area is 279 Å². The van der Waals surface area contributed by atoms with E-state index >= 15 is 0 Å². The van der Waals surface area contributed by atoms with E-state index in [2.05, 4.69) is 29.0 Å². The van der Waals surface area contributed by atoms with Crippen molar-refractivity contribution in [1.29, 1.82) is 0 Å². The predicted octanol–water partition coefficient (Wildman–Crippen LogP) is 4.22. The van der Waals surface area contributed by atoms with E-state index in [-0.39, 0.29) is 31.3 Å². The van der Waals surface area contributed by atoms with Crippen LogP contribution in [0.2, 0.25) is 0 Å². The Balaban J connectivity index is 1.38. The van der Waals surface area contributed by atoms with Gasteiger partial charge in [0.2, 0.25) is 17.6 Å². The van der Waals surface area contributed by atoms with Gasteiger partial charge in [0.25, 0.3) is 0 Å². The zero-order valence-corrected chi connectivity index (χ0v) is 28.0. The van der Waals surface area contributed by atoms with Crippen LogP contribution in [-0.4, -0.2) is 90.5 Å². The smallest absolute Gasteiger partial charge is 0.415 e. The average molecular weight is 660 g/mol. The second kappa shape index (κ2) is 15.4. The molecule has 4 aromatic rings. The maximum atomic E-state index is 13.5. The molecule has 1 aliphatic rings. The summed E-state index contributed by atoms with van der Waals surface area (Å²) in [6, 6.07) is 11.9. The number of piperazine rings is 1. The molecule has 1 fully saturated rings. The monoisotopic (exact) mass is 659 g/mol. The molecule has 0 spiro atoms. The molecule has 254 valence electrons. The van der Waals surface area contributed by atoms with Gasteiger partial charge < -0.3 is 38.8 Å². The molecule has 2 aromatic carbocycles. The normalized spacial score (nSPS) is 14.4. The van der Waals surface area contributed by atoms with Crippen LogP contribution in [0.3, 0.4) is 0 Å². The number of hydrogen-bond acceptors (Lipinski definition) is 11. The summed E-state index contributed by atoms with van der Waals surface area (Å²) in [7, 11) is 6.19. The number of amides is 2. The summed E-state index contributed by atoms with van der Waals surface area (Å²) in [6.07, 6.45) is 4.67. The Bertz CT molecular complexity index is 1670. The quantitative estimate of drug-likeness (QED) is 0.234. The van der Waals surface area contributed by atoms with Gasteiger partial charge in [-0.1, -0.05) is 13.8 Å². The summed E-state index contributed by atoms with van der Waals surface area (Å²) >= 11 is 0. The Hall–Kier alpha value is -5.53. The highest BCUT2D eigenvalue weighted by Crippen LogP contribution is 2.38. The van der Waals surface area contributed by atoms with Crippen molar-refractivity contribution >= 4 is 17.8 Å². The van der Waals surface area contributed by atoms with Crippen LogP contribution in [0.25, 0.3) is 5.95 Å². The van der Waals surface area contributed by atoms with Crippen molar-refractivity contribution in [1.82, 2.24) is 29.7 Å². The molecular formula is C34H41N7O7. The van der Waals surface area contributed by atoms with Crippen molar-refractivity contribution < 1.29 is 33.3 Å². The van der Waals surface area contributed by atoms with E-state index in [1.54, 1.807) is 85.9 Å². The van der Waals surface area contributed by atoms with E-state index in [1.165, 1.54) is 7.11 Å². The second-order valence-electron chi connectivity index (χ2n) is 11.4. The predicted molar refractivity (Wildman–Crippen MR) is 178 cm³/mol. The molecule has 0 saturated carbocycles. The molecule has 14 nitrogen and oxygen atoms in total. The minimum Gasteiger partial charge on any atom is -0.497 e. The van der Waals surface area contributed by atoms with Crippen LogP contribution in [0.5, 0.6) is 28.7 Å². The number of anilines is 1. The van der Waals surface area contributed by atoms with Crippen molar-refractivity contribution in [2.45, 2.75) is 38.8 Å². The summed E-state index contributed by atoms with van der Waals surface area (Å²) < 4.78 is 29.0. The number of aromatic nitrogens is 4. The van der Waals surface area contributed by atoms with Gasteiger partial charge >= 0.3 is 6.09 Å². The first kappa shape index (κ1) is 33.8. The topological polar surface area (TPSA) is 142 Å². The number of benzene rings is 2. The third kappa shape index (κ3) is 7.88. The Morgan fingerprint density at radius 1 is 0.917 bits per heavy atom. The van der Waals surface area contributed by atoms with Crippen LogP contribution < -0.4 is 33.9 Å². The number of nitrogens with one attached hydrogen (secondary N) is 1. The molecule has 2 aromatic heterocycles. The van der Waals surface area contributed by atoms with Crippen molar-refractivity contribution in [3.05, 3.63) is 72.4 Å². The van der Waals surface area contributed by atoms with E-state index in [9.17, 15) is 9.59 Å². The van der Waals surface area contributed by atoms with Crippen LogP contribution in [0.15, 0.2) is 61.2 Å². The average Bonchev–Trinajstić information content (AvgIpc) is 3.66. The lowest BCUT2D eigenvalue weighted by atomic mass is 10.1. The molecule has 1 atom stereocenters. The van der Waals surface area contributed by atoms with Crippen LogP contribution in [-0.2, 0) is 11.3 Å². The molecule has 1 N–H and O–H groups in total. The molecule has 1 aliphatic heterocycles. The molecule has 0 radical (unpaired) electrons. The number of carbonyl (C=O) groups is 2. The number of rotatable bonds is 12. The molecule has 48 heavy (non-hydrogen) atoms. The van der Waals surface area contributed by atoms with Gasteiger partial charge in [-0.2, -0.15) is 4.98 Å². The molecule has 0 aliphatic carbocycles. The van der Waals surface area contributed by atoms with E-state index in [0.717, 1.165) is 11.3 Å². The summed E-state index contributed by atoms with van der Waals surface area (Å²) in [5.74, 6) is 3.53. The lowest BCUT2D eigenvalue weighted by Gasteiger charge is -2.41. The summed E-state index contributed by atoms with van der Waals surface area (Å²) in [5, 5.41) is 3.01. The lowest BCUT2D eigenvalue weighted by molar-refractivity contribution is -0.121. The minimum absolute atomic E-state index is 0.0815. The zero-order valence-electron chi connectivity index (χ0n) is 28.0. The van der Waals surface area contributed by atoms with Gasteiger partial charge in [0.05, 0.1) is 40.2 Å². The SMILES string of the molecule is COc1ccc(OC(=O)N2CCN(c3cc(C(C)C)nc(-n4ccnc4)n3)C(CC(=O)NCc3cc(OC)c(OC)c(OC)c3)C2)cc1. The number of nitrogens with zero attached hydrogens (tertiary/aromatic N) is 6. The van der Waals surface area contributed by atoms with Crippen LogP contribution in [0.4, 0.5) is 10.6 Å². The molecule has 14 heteroatoms. The molecule has 0 bridgehead atoms. The highest BCUT2D eigenvalue weighted by atomic mass is 16.6. The molecular weight excluding hydrogens is 618 g/mol. The van der Waals surface area contributed by atoms with Gasteiger partial charge in [-0.15, -0.1) is 0 Å². The van der Waals surface area contributed by atoms with Crippen molar-refractivity contribution in [2.24, 2.45) is 0 Å². The van der Waals surface area contributed by atoms with Gasteiger partial charge in [-0.3, -0.25) is 9.36 Å². The first-order valence-electron chi connectivity index (χ1n) is 15.5. The largest absolute Gasteiger partial charge is 0.497 e. The Kier molecular flexibility index (Phi) is 10.8. The van der Waals surface area contributed by atoms with Crippen molar-refractivity contribution in [3.63, 3.8) is 0 Å². The number of ether oxygens (including phenoxy) is 5. The maximum absolute atomic E-state index is 13.5. The summed E-state index contributed by atoms with van der Waals surface area (Å²) in [6.45, 7) is 5.35. The first-order valence-corrected chi connectivity index (χ1v) is 15.5.